The first-order valence-electron chi connectivity index (χ1n) is 4.27. The molecule has 2 nitrogen and oxygen atoms in total. The summed E-state index contributed by atoms with van der Waals surface area (Å²) in [5, 5.41) is 0.547. The molecule has 0 atom stereocenters. The number of halogens is 2. The first kappa shape index (κ1) is 9.46. The highest BCUT2D eigenvalue weighted by Crippen LogP contribution is 2.41. The van der Waals surface area contributed by atoms with Crippen molar-refractivity contribution in [3.05, 3.63) is 29.3 Å². The second-order valence-corrected chi connectivity index (χ2v) is 3.75. The summed E-state index contributed by atoms with van der Waals surface area (Å²) in [4.78, 5) is 11.2. The van der Waals surface area contributed by atoms with Crippen molar-refractivity contribution in [1.29, 1.82) is 0 Å². The summed E-state index contributed by atoms with van der Waals surface area (Å²) in [6, 6.07) is 6.24. The molecule has 0 aromatic heterocycles. The van der Waals surface area contributed by atoms with Crippen LogP contribution in [0.1, 0.15) is 12.8 Å². The lowest BCUT2D eigenvalue weighted by Gasteiger charge is -2.05. The molecule has 0 bridgehead atoms. The van der Waals surface area contributed by atoms with Gasteiger partial charge in [0.1, 0.15) is 5.75 Å². The number of alkyl halides is 1. The summed E-state index contributed by atoms with van der Waals surface area (Å²) >= 11 is 5.64. The Hall–Kier alpha value is -1.09. The molecular formula is C10H8ClFO2. The highest BCUT2D eigenvalue weighted by Gasteiger charge is 2.52. The SMILES string of the molecule is O=C(Oc1ccc(Cl)cc1)C1(F)CC1. The average molecular weight is 215 g/mol. The van der Waals surface area contributed by atoms with Gasteiger partial charge in [-0.2, -0.15) is 0 Å². The van der Waals surface area contributed by atoms with Crippen LogP contribution >= 0.6 is 11.6 Å². The Balaban J connectivity index is 2.04. The van der Waals surface area contributed by atoms with Gasteiger partial charge < -0.3 is 4.74 Å². The fraction of sp³-hybridized carbons (Fsp3) is 0.300. The van der Waals surface area contributed by atoms with Gasteiger partial charge in [-0.05, 0) is 37.1 Å². The van der Waals surface area contributed by atoms with Crippen LogP contribution in [0, 0.1) is 0 Å². The predicted molar refractivity (Wildman–Crippen MR) is 50.2 cm³/mol. The van der Waals surface area contributed by atoms with Crippen LogP contribution in [0.4, 0.5) is 4.39 Å². The lowest BCUT2D eigenvalue weighted by Crippen LogP contribution is -2.22. The molecule has 0 amide bonds. The van der Waals surface area contributed by atoms with Gasteiger partial charge in [-0.15, -0.1) is 0 Å². The molecule has 14 heavy (non-hydrogen) atoms. The van der Waals surface area contributed by atoms with E-state index in [1.54, 1.807) is 12.1 Å². The highest BCUT2D eigenvalue weighted by atomic mass is 35.5. The molecule has 0 radical (unpaired) electrons. The van der Waals surface area contributed by atoms with E-state index in [2.05, 4.69) is 0 Å². The molecule has 1 aromatic rings. The second kappa shape index (κ2) is 3.24. The Bertz CT molecular complexity index is 357. The maximum absolute atomic E-state index is 13.2. The summed E-state index contributed by atoms with van der Waals surface area (Å²) in [5.74, 6) is -0.483. The smallest absolute Gasteiger partial charge is 0.349 e. The first-order chi connectivity index (χ1) is 6.60. The molecule has 1 saturated carbocycles. The van der Waals surface area contributed by atoms with Crippen molar-refractivity contribution in [2.24, 2.45) is 0 Å². The Kier molecular flexibility index (Phi) is 2.19. The van der Waals surface area contributed by atoms with Crippen molar-refractivity contribution in [2.45, 2.75) is 18.5 Å². The van der Waals surface area contributed by atoms with Crippen molar-refractivity contribution < 1.29 is 13.9 Å². The van der Waals surface area contributed by atoms with Crippen LogP contribution in [0.5, 0.6) is 5.75 Å². The predicted octanol–water partition coefficient (Wildman–Crippen LogP) is 2.75. The summed E-state index contributed by atoms with van der Waals surface area (Å²) in [5.41, 5.74) is -1.74. The van der Waals surface area contributed by atoms with Crippen LogP contribution in [-0.4, -0.2) is 11.6 Å². The third-order valence-corrected chi connectivity index (χ3v) is 2.33. The molecule has 1 aromatic carbocycles. The van der Waals surface area contributed by atoms with Crippen LogP contribution in [0.25, 0.3) is 0 Å². The highest BCUT2D eigenvalue weighted by molar-refractivity contribution is 6.30. The van der Waals surface area contributed by atoms with Crippen molar-refractivity contribution >= 4 is 17.6 Å². The summed E-state index contributed by atoms with van der Waals surface area (Å²) in [6.45, 7) is 0. The lowest BCUT2D eigenvalue weighted by atomic mass is 10.3. The number of carbonyl (C=O) groups is 1. The quantitative estimate of drug-likeness (QED) is 0.559. The van der Waals surface area contributed by atoms with E-state index in [4.69, 9.17) is 16.3 Å². The van der Waals surface area contributed by atoms with Gasteiger partial charge >= 0.3 is 5.97 Å². The van der Waals surface area contributed by atoms with E-state index in [0.29, 0.717) is 10.8 Å². The molecule has 0 aliphatic heterocycles. The first-order valence-corrected chi connectivity index (χ1v) is 4.65. The van der Waals surface area contributed by atoms with Crippen LogP contribution in [0.2, 0.25) is 5.02 Å². The molecule has 0 spiro atoms. The molecule has 2 rings (SSSR count). The summed E-state index contributed by atoms with van der Waals surface area (Å²) in [6.07, 6.45) is 0.527. The summed E-state index contributed by atoms with van der Waals surface area (Å²) < 4.78 is 18.0. The van der Waals surface area contributed by atoms with Gasteiger partial charge in [0.15, 0.2) is 0 Å². The fourth-order valence-corrected chi connectivity index (χ4v) is 1.14. The zero-order valence-corrected chi connectivity index (χ0v) is 8.05. The van der Waals surface area contributed by atoms with E-state index in [-0.39, 0.29) is 12.8 Å². The van der Waals surface area contributed by atoms with Crippen molar-refractivity contribution in [1.82, 2.24) is 0 Å². The Labute approximate surface area is 85.6 Å². The van der Waals surface area contributed by atoms with Gasteiger partial charge in [0.2, 0.25) is 5.67 Å². The number of hydrogen-bond donors (Lipinski definition) is 0. The molecule has 0 saturated heterocycles. The molecule has 74 valence electrons. The standard InChI is InChI=1S/C10H8ClFO2/c11-7-1-3-8(4-2-7)14-9(13)10(12)5-6-10/h1-4H,5-6H2. The van der Waals surface area contributed by atoms with Crippen molar-refractivity contribution in [3.8, 4) is 5.75 Å². The number of hydrogen-bond acceptors (Lipinski definition) is 2. The molecule has 4 heteroatoms. The zero-order chi connectivity index (χ0) is 10.2. The second-order valence-electron chi connectivity index (χ2n) is 3.31. The third-order valence-electron chi connectivity index (χ3n) is 2.08. The molecular weight excluding hydrogens is 207 g/mol. The monoisotopic (exact) mass is 214 g/mol. The van der Waals surface area contributed by atoms with E-state index in [1.165, 1.54) is 12.1 Å². The largest absolute Gasteiger partial charge is 0.424 e. The van der Waals surface area contributed by atoms with E-state index in [1.807, 2.05) is 0 Å². The number of ether oxygens (including phenoxy) is 1. The van der Waals surface area contributed by atoms with Gasteiger partial charge in [0.05, 0.1) is 0 Å². The molecule has 1 aliphatic carbocycles. The fourth-order valence-electron chi connectivity index (χ4n) is 1.02. The van der Waals surface area contributed by atoms with Crippen molar-refractivity contribution in [2.75, 3.05) is 0 Å². The number of rotatable bonds is 2. The average Bonchev–Trinajstić information content (AvgIpc) is 2.89. The van der Waals surface area contributed by atoms with Crippen LogP contribution < -0.4 is 4.74 Å². The normalized spacial score (nSPS) is 17.6. The van der Waals surface area contributed by atoms with E-state index in [0.717, 1.165) is 0 Å². The van der Waals surface area contributed by atoms with Gasteiger partial charge in [-0.3, -0.25) is 0 Å². The van der Waals surface area contributed by atoms with Crippen LogP contribution in [0.15, 0.2) is 24.3 Å². The van der Waals surface area contributed by atoms with Gasteiger partial charge in [0.25, 0.3) is 0 Å². The minimum atomic E-state index is -1.74. The minimum Gasteiger partial charge on any atom is -0.424 e. The minimum absolute atomic E-state index is 0.263. The number of esters is 1. The molecule has 1 fully saturated rings. The summed E-state index contributed by atoms with van der Waals surface area (Å²) in [7, 11) is 0. The Morgan fingerprint density at radius 2 is 1.93 bits per heavy atom. The maximum atomic E-state index is 13.2. The van der Waals surface area contributed by atoms with E-state index in [9.17, 15) is 9.18 Å². The van der Waals surface area contributed by atoms with Crippen LogP contribution in [0.3, 0.4) is 0 Å². The van der Waals surface area contributed by atoms with Crippen molar-refractivity contribution in [3.63, 3.8) is 0 Å². The van der Waals surface area contributed by atoms with E-state index < -0.39 is 11.6 Å². The molecule has 0 N–H and O–H groups in total. The van der Waals surface area contributed by atoms with Gasteiger partial charge in [-0.1, -0.05) is 11.6 Å². The Morgan fingerprint density at radius 1 is 1.36 bits per heavy atom. The molecule has 0 heterocycles. The lowest BCUT2D eigenvalue weighted by molar-refractivity contribution is -0.141. The number of carbonyl (C=O) groups excluding carboxylic acids is 1. The van der Waals surface area contributed by atoms with Gasteiger partial charge in [0, 0.05) is 5.02 Å². The number of benzene rings is 1. The maximum Gasteiger partial charge on any atom is 0.349 e. The van der Waals surface area contributed by atoms with E-state index >= 15 is 0 Å². The zero-order valence-electron chi connectivity index (χ0n) is 7.30. The van der Waals surface area contributed by atoms with Gasteiger partial charge in [-0.25, -0.2) is 9.18 Å². The van der Waals surface area contributed by atoms with Crippen LogP contribution in [-0.2, 0) is 4.79 Å². The third kappa shape index (κ3) is 1.87. The Morgan fingerprint density at radius 3 is 2.43 bits per heavy atom. The molecule has 1 aliphatic rings. The topological polar surface area (TPSA) is 26.3 Å². The molecule has 0 unspecified atom stereocenters.